The Balaban J connectivity index is 1.97. The van der Waals surface area contributed by atoms with Crippen LogP contribution in [0.1, 0.15) is 30.5 Å². The number of nitrogens with zero attached hydrogens (tertiary/aromatic N) is 1. The van der Waals surface area contributed by atoms with Crippen LogP contribution in [0, 0.1) is 6.92 Å². The Morgan fingerprint density at radius 1 is 1.24 bits per heavy atom. The van der Waals surface area contributed by atoms with E-state index in [1.54, 1.807) is 4.90 Å². The molecule has 1 unspecified atom stereocenters. The van der Waals surface area contributed by atoms with Gasteiger partial charge in [-0.05, 0) is 37.9 Å². The molecular formula is C16H23N3O2. The lowest BCUT2D eigenvalue weighted by molar-refractivity contribution is -0.146. The average molecular weight is 289 g/mol. The van der Waals surface area contributed by atoms with Crippen molar-refractivity contribution in [3.05, 3.63) is 35.4 Å². The molecular weight excluding hydrogens is 266 g/mol. The molecule has 0 aromatic heterocycles. The van der Waals surface area contributed by atoms with Crippen LogP contribution in [0.4, 0.5) is 0 Å². The Morgan fingerprint density at radius 3 is 2.76 bits per heavy atom. The lowest BCUT2D eigenvalue weighted by Crippen LogP contribution is -2.45. The number of carbonyl (C=O) groups excluding carboxylic acids is 2. The highest BCUT2D eigenvalue weighted by molar-refractivity contribution is 6.35. The number of rotatable bonds is 2. The molecule has 1 atom stereocenters. The first-order chi connectivity index (χ1) is 10.1. The average Bonchev–Trinajstić information content (AvgIpc) is 2.75. The van der Waals surface area contributed by atoms with Crippen LogP contribution < -0.4 is 10.6 Å². The Labute approximate surface area is 125 Å². The molecule has 1 fully saturated rings. The van der Waals surface area contributed by atoms with Gasteiger partial charge in [-0.2, -0.15) is 0 Å². The summed E-state index contributed by atoms with van der Waals surface area (Å²) >= 11 is 0. The highest BCUT2D eigenvalue weighted by atomic mass is 16.2. The van der Waals surface area contributed by atoms with Crippen molar-refractivity contribution < 1.29 is 9.59 Å². The summed E-state index contributed by atoms with van der Waals surface area (Å²) in [6.45, 7) is 6.76. The van der Waals surface area contributed by atoms with Gasteiger partial charge >= 0.3 is 11.8 Å². The molecule has 0 bridgehead atoms. The number of aryl methyl sites for hydroxylation is 1. The fraction of sp³-hybridized carbons (Fsp3) is 0.500. The summed E-state index contributed by atoms with van der Waals surface area (Å²) in [7, 11) is 0. The van der Waals surface area contributed by atoms with Crippen LogP contribution in [0.15, 0.2) is 24.3 Å². The quantitative estimate of drug-likeness (QED) is 0.798. The second-order valence-corrected chi connectivity index (χ2v) is 5.45. The van der Waals surface area contributed by atoms with Crippen molar-refractivity contribution in [2.45, 2.75) is 26.3 Å². The lowest BCUT2D eigenvalue weighted by Gasteiger charge is -2.21. The molecule has 1 saturated heterocycles. The second kappa shape index (κ2) is 7.22. The van der Waals surface area contributed by atoms with Crippen molar-refractivity contribution in [1.29, 1.82) is 0 Å². The van der Waals surface area contributed by atoms with Crippen molar-refractivity contribution in [3.63, 3.8) is 0 Å². The first kappa shape index (κ1) is 15.5. The first-order valence-corrected chi connectivity index (χ1v) is 7.45. The zero-order chi connectivity index (χ0) is 15.2. The highest BCUT2D eigenvalue weighted by Gasteiger charge is 2.24. The van der Waals surface area contributed by atoms with Crippen molar-refractivity contribution >= 4 is 11.8 Å². The van der Waals surface area contributed by atoms with Crippen LogP contribution in [0.3, 0.4) is 0 Å². The van der Waals surface area contributed by atoms with E-state index in [1.807, 2.05) is 38.1 Å². The molecule has 0 radical (unpaired) electrons. The molecule has 1 aromatic rings. The largest absolute Gasteiger partial charge is 0.341 e. The minimum absolute atomic E-state index is 0.173. The van der Waals surface area contributed by atoms with Gasteiger partial charge in [0.15, 0.2) is 0 Å². The van der Waals surface area contributed by atoms with E-state index in [-0.39, 0.29) is 6.04 Å². The Bertz CT molecular complexity index is 508. The molecule has 21 heavy (non-hydrogen) atoms. The minimum atomic E-state index is -0.521. The molecule has 0 aliphatic carbocycles. The zero-order valence-electron chi connectivity index (χ0n) is 12.7. The molecule has 1 aliphatic heterocycles. The summed E-state index contributed by atoms with van der Waals surface area (Å²) in [5, 5.41) is 6.02. The lowest BCUT2D eigenvalue weighted by atomic mass is 10.0. The summed E-state index contributed by atoms with van der Waals surface area (Å²) in [5.74, 6) is -0.952. The van der Waals surface area contributed by atoms with Gasteiger partial charge in [-0.25, -0.2) is 0 Å². The van der Waals surface area contributed by atoms with E-state index in [0.29, 0.717) is 13.1 Å². The minimum Gasteiger partial charge on any atom is -0.341 e. The molecule has 2 amide bonds. The van der Waals surface area contributed by atoms with Gasteiger partial charge in [0.2, 0.25) is 0 Å². The van der Waals surface area contributed by atoms with Gasteiger partial charge in [-0.1, -0.05) is 24.3 Å². The molecule has 2 rings (SSSR count). The summed E-state index contributed by atoms with van der Waals surface area (Å²) in [5.41, 5.74) is 2.15. The molecule has 5 nitrogen and oxygen atoms in total. The second-order valence-electron chi connectivity index (χ2n) is 5.45. The van der Waals surface area contributed by atoms with Gasteiger partial charge in [0, 0.05) is 19.6 Å². The van der Waals surface area contributed by atoms with E-state index >= 15 is 0 Å². The van der Waals surface area contributed by atoms with E-state index in [1.165, 1.54) is 0 Å². The summed E-state index contributed by atoms with van der Waals surface area (Å²) in [6, 6.07) is 7.70. The van der Waals surface area contributed by atoms with Gasteiger partial charge in [0.1, 0.15) is 0 Å². The van der Waals surface area contributed by atoms with Crippen LogP contribution in [0.25, 0.3) is 0 Å². The SMILES string of the molecule is Cc1ccccc1C(C)NC(=O)C(=O)N1CCCNCC1. The van der Waals surface area contributed by atoms with Crippen LogP contribution in [-0.4, -0.2) is 42.9 Å². The van der Waals surface area contributed by atoms with E-state index < -0.39 is 11.8 Å². The molecule has 2 N–H and O–H groups in total. The normalized spacial score (nSPS) is 17.0. The van der Waals surface area contributed by atoms with Crippen molar-refractivity contribution in [3.8, 4) is 0 Å². The number of nitrogens with one attached hydrogen (secondary N) is 2. The number of hydrogen-bond acceptors (Lipinski definition) is 3. The fourth-order valence-electron chi connectivity index (χ4n) is 2.60. The van der Waals surface area contributed by atoms with Gasteiger partial charge in [-0.3, -0.25) is 9.59 Å². The maximum Gasteiger partial charge on any atom is 0.311 e. The van der Waals surface area contributed by atoms with Crippen LogP contribution in [-0.2, 0) is 9.59 Å². The highest BCUT2D eigenvalue weighted by Crippen LogP contribution is 2.16. The third-order valence-corrected chi connectivity index (χ3v) is 3.82. The first-order valence-electron chi connectivity index (χ1n) is 7.45. The van der Waals surface area contributed by atoms with Gasteiger partial charge in [0.25, 0.3) is 0 Å². The summed E-state index contributed by atoms with van der Waals surface area (Å²) < 4.78 is 0. The number of benzene rings is 1. The van der Waals surface area contributed by atoms with E-state index in [2.05, 4.69) is 10.6 Å². The topological polar surface area (TPSA) is 61.4 Å². The van der Waals surface area contributed by atoms with E-state index in [4.69, 9.17) is 0 Å². The third kappa shape index (κ3) is 4.04. The molecule has 1 aromatic carbocycles. The monoisotopic (exact) mass is 289 g/mol. The van der Waals surface area contributed by atoms with E-state index in [9.17, 15) is 9.59 Å². The van der Waals surface area contributed by atoms with Crippen molar-refractivity contribution in [2.24, 2.45) is 0 Å². The van der Waals surface area contributed by atoms with Gasteiger partial charge in [-0.15, -0.1) is 0 Å². The predicted octanol–water partition coefficient (Wildman–Crippen LogP) is 0.994. The third-order valence-electron chi connectivity index (χ3n) is 3.82. The van der Waals surface area contributed by atoms with Crippen LogP contribution in [0.5, 0.6) is 0 Å². The molecule has 1 heterocycles. The standard InChI is InChI=1S/C16H23N3O2/c1-12-6-3-4-7-14(12)13(2)18-15(20)16(21)19-10-5-8-17-9-11-19/h3-4,6-7,13,17H,5,8-11H2,1-2H3,(H,18,20). The molecule has 0 spiro atoms. The van der Waals surface area contributed by atoms with Gasteiger partial charge < -0.3 is 15.5 Å². The maximum atomic E-state index is 12.2. The molecule has 114 valence electrons. The number of hydrogen-bond donors (Lipinski definition) is 2. The van der Waals surface area contributed by atoms with Gasteiger partial charge in [0.05, 0.1) is 6.04 Å². The number of carbonyl (C=O) groups is 2. The summed E-state index contributed by atoms with van der Waals surface area (Å²) in [4.78, 5) is 25.9. The maximum absolute atomic E-state index is 12.2. The van der Waals surface area contributed by atoms with Crippen LogP contribution in [0.2, 0.25) is 0 Å². The predicted molar refractivity (Wildman–Crippen MR) is 81.8 cm³/mol. The molecule has 5 heteroatoms. The van der Waals surface area contributed by atoms with E-state index in [0.717, 1.165) is 30.6 Å². The number of amides is 2. The summed E-state index contributed by atoms with van der Waals surface area (Å²) in [6.07, 6.45) is 0.881. The molecule has 1 aliphatic rings. The van der Waals surface area contributed by atoms with Crippen molar-refractivity contribution in [1.82, 2.24) is 15.5 Å². The molecule has 0 saturated carbocycles. The Morgan fingerprint density at radius 2 is 2.00 bits per heavy atom. The van der Waals surface area contributed by atoms with Crippen molar-refractivity contribution in [2.75, 3.05) is 26.2 Å². The fourth-order valence-corrected chi connectivity index (χ4v) is 2.60. The smallest absolute Gasteiger partial charge is 0.311 e. The Hall–Kier alpha value is -1.88. The van der Waals surface area contributed by atoms with Crippen LogP contribution >= 0.6 is 0 Å². The Kier molecular flexibility index (Phi) is 5.33. The zero-order valence-corrected chi connectivity index (χ0v) is 12.7.